The largest absolute Gasteiger partial charge is 0.396 e. The van der Waals surface area contributed by atoms with E-state index in [2.05, 4.69) is 42.7 Å². The van der Waals surface area contributed by atoms with Crippen molar-refractivity contribution in [2.45, 2.75) is 329 Å². The molecule has 17 aliphatic rings. The fraction of sp³-hybridized carbons (Fsp3) is 0.863. The molecule has 16 saturated carbocycles. The van der Waals surface area contributed by atoms with Crippen molar-refractivity contribution in [3.8, 4) is 0 Å². The topological polar surface area (TPSA) is 283 Å². The lowest BCUT2D eigenvalue weighted by Crippen LogP contribution is -2.58. The molecule has 1 saturated heterocycles. The van der Waals surface area contributed by atoms with Gasteiger partial charge in [-0.05, 0) is 415 Å². The molecule has 0 radical (unpaired) electrons. The molecule has 3 aromatic heterocycles. The van der Waals surface area contributed by atoms with Gasteiger partial charge in [0.1, 0.15) is 5.78 Å². The van der Waals surface area contributed by atoms with E-state index in [4.69, 9.17) is 4.74 Å². The number of fused-ring (bicyclic) bond motifs is 20. The summed E-state index contributed by atoms with van der Waals surface area (Å²) in [4.78, 5) is 59.5. The number of ketones is 4. The first kappa shape index (κ1) is 89.0. The lowest BCUT2D eigenvalue weighted by molar-refractivity contribution is -0.171. The minimum Gasteiger partial charge on any atom is -0.396 e. The molecule has 121 heavy (non-hydrogen) atoms. The Morgan fingerprint density at radius 1 is 0.339 bits per heavy atom. The van der Waals surface area contributed by atoms with Gasteiger partial charge in [0.05, 0.1) is 68.1 Å². The van der Waals surface area contributed by atoms with E-state index < -0.39 is 22.4 Å². The van der Waals surface area contributed by atoms with Crippen molar-refractivity contribution < 1.29 is 64.8 Å². The van der Waals surface area contributed by atoms with Crippen LogP contribution in [0.15, 0.2) is 61.7 Å². The molecule has 0 bridgehead atoms. The monoisotopic (exact) mass is 1680 g/mol. The zero-order chi connectivity index (χ0) is 85.3. The summed E-state index contributed by atoms with van der Waals surface area (Å²) in [6.45, 7) is 23.8. The lowest BCUT2D eigenvalue weighted by Gasteiger charge is -2.62. The van der Waals surface area contributed by atoms with Gasteiger partial charge in [0, 0.05) is 100 Å². The Kier molecular flexibility index (Phi) is 24.9. The molecule has 19 heteroatoms. The van der Waals surface area contributed by atoms with Crippen molar-refractivity contribution in [3.05, 3.63) is 61.7 Å². The minimum atomic E-state index is -0.573. The smallest absolute Gasteiger partial charge is 0.157 e. The second-order valence-electron chi connectivity index (χ2n) is 47.2. The SMILES string of the molecule is C[C@@]1(O)CC[C@@]2(CO)[C@@H](CC[C@H]3[C@@H]4CC[C@H](C(=O)CN5CCOCC5)[C@@]4(C)CC[C@@H]32)C1.C[C@@]1(O)CC[C@@]2(CO)[C@@H](CC[C@H]3[C@@H]4CC[C@H](C(=O)Cn5cccc5)[C@@]4(C)CC[C@@H]32)C1.C[C@@]1(O)CC[C@@]2(CO)[C@@H](CC[C@H]3[C@@H]4CC[C@H](C(=O)Cn5cccn5)[C@@]4(C)CC[C@@H]32)C1.C[C@@]1(O)CC[C@@]2(CO)[C@@H](CC[C@H]3[C@@H]4CC[C@H](C(=O)Cn5ccnc5)[C@@]4(C)CC[C@@H]32)C1. The third-order valence-electron chi connectivity index (χ3n) is 41.6. The number of rotatable bonds is 16. The molecular weight excluding hydrogens is 1520 g/mol. The van der Waals surface area contributed by atoms with E-state index >= 15 is 0 Å². The van der Waals surface area contributed by atoms with Crippen LogP contribution in [0.25, 0.3) is 0 Å². The highest BCUT2D eigenvalue weighted by molar-refractivity contribution is 5.85. The van der Waals surface area contributed by atoms with E-state index in [0.29, 0.717) is 144 Å². The van der Waals surface area contributed by atoms with Gasteiger partial charge in [-0.2, -0.15) is 5.10 Å². The number of aromatic nitrogens is 5. The predicted molar refractivity (Wildman–Crippen MR) is 465 cm³/mol. The molecule has 20 rings (SSSR count). The number of ether oxygens (including phenoxy) is 1. The van der Waals surface area contributed by atoms with Crippen LogP contribution in [0.1, 0.15) is 287 Å². The van der Waals surface area contributed by atoms with Crippen molar-refractivity contribution in [1.29, 1.82) is 0 Å². The number of morpholine rings is 1. The zero-order valence-electron chi connectivity index (χ0n) is 75.6. The van der Waals surface area contributed by atoms with Gasteiger partial charge < -0.3 is 54.7 Å². The van der Waals surface area contributed by atoms with Crippen LogP contribution in [0.2, 0.25) is 0 Å². The van der Waals surface area contributed by atoms with Crippen LogP contribution < -0.4 is 0 Å². The molecule has 0 aromatic carbocycles. The first-order valence-electron chi connectivity index (χ1n) is 49.4. The highest BCUT2D eigenvalue weighted by atomic mass is 16.5. The number of Topliss-reactive ketones (excluding diaryl/α,β-unsaturated/α-hetero) is 4. The second-order valence-corrected chi connectivity index (χ2v) is 47.2. The van der Waals surface area contributed by atoms with Crippen LogP contribution in [0, 0.1) is 162 Å². The summed E-state index contributed by atoms with van der Waals surface area (Å²) in [5.74, 6) is 11.2. The van der Waals surface area contributed by atoms with Crippen LogP contribution in [-0.4, -0.2) is 174 Å². The van der Waals surface area contributed by atoms with Crippen LogP contribution in [0.5, 0.6) is 0 Å². The molecule has 674 valence electrons. The first-order chi connectivity index (χ1) is 57.7. The molecule has 0 unspecified atom stereocenters. The van der Waals surface area contributed by atoms with Crippen LogP contribution in [0.4, 0.5) is 0 Å². The number of hydrogen-bond donors (Lipinski definition) is 8. The first-order valence-corrected chi connectivity index (χ1v) is 49.4. The van der Waals surface area contributed by atoms with Gasteiger partial charge in [0.25, 0.3) is 0 Å². The maximum atomic E-state index is 13.4. The van der Waals surface area contributed by atoms with Gasteiger partial charge >= 0.3 is 0 Å². The molecule has 3 aromatic rings. The fourth-order valence-corrected chi connectivity index (χ4v) is 35.5. The Morgan fingerprint density at radius 3 is 0.967 bits per heavy atom. The average Bonchev–Trinajstić information content (AvgIpc) is 1.70. The highest BCUT2D eigenvalue weighted by Crippen LogP contribution is 2.74. The molecule has 16 aliphatic carbocycles. The molecular formula is C102H158N6O13. The van der Waals surface area contributed by atoms with E-state index in [-0.39, 0.29) is 93.4 Å². The lowest BCUT2D eigenvalue weighted by atomic mass is 9.43. The third-order valence-corrected chi connectivity index (χ3v) is 41.6. The van der Waals surface area contributed by atoms with Gasteiger partial charge in [-0.25, -0.2) is 4.98 Å². The van der Waals surface area contributed by atoms with E-state index in [9.17, 15) is 60.0 Å². The van der Waals surface area contributed by atoms with Crippen molar-refractivity contribution in [2.75, 3.05) is 59.3 Å². The highest BCUT2D eigenvalue weighted by Gasteiger charge is 2.69. The van der Waals surface area contributed by atoms with Crippen LogP contribution >= 0.6 is 0 Å². The summed E-state index contributed by atoms with van der Waals surface area (Å²) < 4.78 is 11.2. The third kappa shape index (κ3) is 15.8. The Hall–Kier alpha value is -4.02. The van der Waals surface area contributed by atoms with Crippen molar-refractivity contribution in [1.82, 2.24) is 28.8 Å². The summed E-state index contributed by atoms with van der Waals surface area (Å²) in [7, 11) is 0. The molecule has 8 N–H and O–H groups in total. The fourth-order valence-electron chi connectivity index (χ4n) is 35.5. The number of nitrogens with zero attached hydrogens (tertiary/aromatic N) is 6. The van der Waals surface area contributed by atoms with Gasteiger partial charge in [0.15, 0.2) is 17.3 Å². The Labute approximate surface area is 724 Å². The van der Waals surface area contributed by atoms with Crippen molar-refractivity contribution in [2.24, 2.45) is 162 Å². The summed E-state index contributed by atoms with van der Waals surface area (Å²) in [5.41, 5.74) is -1.85. The molecule has 4 heterocycles. The molecule has 1 aliphatic heterocycles. The van der Waals surface area contributed by atoms with E-state index in [1.807, 2.05) is 79.8 Å². The summed E-state index contributed by atoms with van der Waals surface area (Å²) in [6.07, 6.45) is 50.5. The molecule has 19 nitrogen and oxygen atoms in total. The van der Waals surface area contributed by atoms with Gasteiger partial charge in [0.2, 0.25) is 0 Å². The van der Waals surface area contributed by atoms with Gasteiger partial charge in [-0.1, -0.05) is 27.7 Å². The molecule has 0 spiro atoms. The number of carbonyl (C=O) groups excluding carboxylic acids is 4. The maximum absolute atomic E-state index is 13.4. The molecule has 17 fully saturated rings. The maximum Gasteiger partial charge on any atom is 0.157 e. The molecule has 32 atom stereocenters. The van der Waals surface area contributed by atoms with Crippen molar-refractivity contribution in [3.63, 3.8) is 0 Å². The van der Waals surface area contributed by atoms with Gasteiger partial charge in [-0.3, -0.25) is 28.8 Å². The minimum absolute atomic E-state index is 0.000275. The van der Waals surface area contributed by atoms with Gasteiger partial charge in [-0.15, -0.1) is 0 Å². The number of imidazole rings is 1. The number of aliphatic hydroxyl groups is 8. The summed E-state index contributed by atoms with van der Waals surface area (Å²) >= 11 is 0. The Bertz CT molecular complexity index is 3770. The number of hydrogen-bond acceptors (Lipinski definition) is 16. The number of aliphatic hydroxyl groups excluding tert-OH is 4. The Morgan fingerprint density at radius 2 is 0.661 bits per heavy atom. The quantitative estimate of drug-likeness (QED) is 0.0662. The predicted octanol–water partition coefficient (Wildman–Crippen LogP) is 15.4. The number of carbonyl (C=O) groups is 4. The van der Waals surface area contributed by atoms with Crippen molar-refractivity contribution >= 4 is 23.1 Å². The Balaban J connectivity index is 0.000000115. The van der Waals surface area contributed by atoms with E-state index in [1.165, 1.54) is 38.5 Å². The summed E-state index contributed by atoms with van der Waals surface area (Å²) in [5, 5.41) is 89.6. The zero-order valence-corrected chi connectivity index (χ0v) is 75.6. The normalized spacial score (nSPS) is 48.6. The van der Waals surface area contributed by atoms with Crippen LogP contribution in [-0.2, 0) is 43.5 Å². The summed E-state index contributed by atoms with van der Waals surface area (Å²) in [6, 6.07) is 5.86. The average molecular weight is 1680 g/mol. The van der Waals surface area contributed by atoms with E-state index in [0.717, 1.165) is 219 Å². The van der Waals surface area contributed by atoms with Crippen LogP contribution in [0.3, 0.4) is 0 Å². The van der Waals surface area contributed by atoms with E-state index in [1.54, 1.807) is 23.4 Å². The standard InChI is InChI=1S/C26H43NO4.C26H39NO3.2C25H38N2O3/c1-24(30)9-10-26(17-28)18(15-24)3-4-19-20-5-6-22(25(20,2)8-7-21(19)26)23(29)16-27-11-13-31-14-12-27;1-24(30)11-12-26(17-28)18(15-24)5-6-19-20-7-8-22(25(20,2)10-9-21(19)26)23(29)16-27-13-3-4-14-27;1-23(30)10-11-25(16-28)17(14-23)4-5-18-19-6-7-21(24(19,2)9-8-20(18)25)22(29)15-27-13-3-12-26-27;1-23(30)9-10-25(15-28)17(13-23)3-4-18-19-5-6-21(24(19,2)8-7-20(18)25)22(29)14-27-12-11-26-16-27/h18-22,28,30H,3-17H2,1-2H3;3-4,13-14,18-22,28,30H,5-12,15-17H2,1-2H3;3,12-13,17-21,28,30H,4-11,14-16H2,1-2H3;11-12,16-21,28,30H,3-10,13-15H2,1-2H3/t2*18-,19-,20-,21-,22+,24+,25-,26+;2*17-,18-,19-,20-,21+,23+,24-,25+/m0000/s1. The second kappa shape index (κ2) is 33.8. The molecule has 0 amide bonds.